The first-order chi connectivity index (χ1) is 7.13. The van der Waals surface area contributed by atoms with Crippen LogP contribution in [-0.4, -0.2) is 19.8 Å². The van der Waals surface area contributed by atoms with Crippen LogP contribution in [0.3, 0.4) is 0 Å². The molecule has 0 aliphatic rings. The fraction of sp³-hybridized carbons (Fsp3) is 0.455. The SMILES string of the molecule is COCCC(N)Cc1cc(Cl)ccc1Cl. The van der Waals surface area contributed by atoms with Crippen LogP contribution in [0.5, 0.6) is 0 Å². The highest BCUT2D eigenvalue weighted by Crippen LogP contribution is 2.21. The van der Waals surface area contributed by atoms with Crippen molar-refractivity contribution in [3.05, 3.63) is 33.8 Å². The minimum atomic E-state index is 0.0564. The van der Waals surface area contributed by atoms with Gasteiger partial charge in [0.05, 0.1) is 0 Å². The lowest BCUT2D eigenvalue weighted by atomic mass is 10.0. The summed E-state index contributed by atoms with van der Waals surface area (Å²) in [6.07, 6.45) is 1.54. The van der Waals surface area contributed by atoms with Crippen molar-refractivity contribution in [1.82, 2.24) is 0 Å². The molecule has 1 atom stereocenters. The molecule has 0 amide bonds. The van der Waals surface area contributed by atoms with Crippen molar-refractivity contribution in [2.45, 2.75) is 18.9 Å². The lowest BCUT2D eigenvalue weighted by Crippen LogP contribution is -2.24. The molecule has 84 valence electrons. The van der Waals surface area contributed by atoms with Gasteiger partial charge in [0.2, 0.25) is 0 Å². The van der Waals surface area contributed by atoms with Crippen LogP contribution in [0.15, 0.2) is 18.2 Å². The van der Waals surface area contributed by atoms with Crippen LogP contribution in [0.2, 0.25) is 10.0 Å². The van der Waals surface area contributed by atoms with Crippen molar-refractivity contribution >= 4 is 23.2 Å². The van der Waals surface area contributed by atoms with Crippen molar-refractivity contribution in [3.8, 4) is 0 Å². The maximum Gasteiger partial charge on any atom is 0.0477 e. The molecule has 0 heterocycles. The van der Waals surface area contributed by atoms with Crippen molar-refractivity contribution in [1.29, 1.82) is 0 Å². The molecule has 4 heteroatoms. The molecule has 15 heavy (non-hydrogen) atoms. The molecular formula is C11H15Cl2NO. The standard InChI is InChI=1S/C11H15Cl2NO/c1-15-5-4-10(14)7-8-6-9(12)2-3-11(8)13/h2-3,6,10H,4-5,7,14H2,1H3. The van der Waals surface area contributed by atoms with Gasteiger partial charge < -0.3 is 10.5 Å². The highest BCUT2D eigenvalue weighted by atomic mass is 35.5. The maximum atomic E-state index is 6.03. The van der Waals surface area contributed by atoms with E-state index in [1.54, 1.807) is 19.2 Å². The van der Waals surface area contributed by atoms with Gasteiger partial charge in [-0.25, -0.2) is 0 Å². The normalized spacial score (nSPS) is 12.8. The molecular weight excluding hydrogens is 233 g/mol. The van der Waals surface area contributed by atoms with Gasteiger partial charge in [-0.05, 0) is 36.6 Å². The van der Waals surface area contributed by atoms with Crippen molar-refractivity contribution < 1.29 is 4.74 Å². The first-order valence-electron chi connectivity index (χ1n) is 4.82. The summed E-state index contributed by atoms with van der Waals surface area (Å²) < 4.78 is 4.97. The third-order valence-corrected chi connectivity index (χ3v) is 2.79. The van der Waals surface area contributed by atoms with E-state index in [0.717, 1.165) is 18.4 Å². The topological polar surface area (TPSA) is 35.2 Å². The predicted molar refractivity (Wildman–Crippen MR) is 64.6 cm³/mol. The lowest BCUT2D eigenvalue weighted by molar-refractivity contribution is 0.188. The molecule has 0 fully saturated rings. The molecule has 0 bridgehead atoms. The molecule has 2 nitrogen and oxygen atoms in total. The fourth-order valence-corrected chi connectivity index (χ4v) is 1.74. The predicted octanol–water partition coefficient (Wildman–Crippen LogP) is 2.90. The Labute approximate surface area is 100 Å². The Morgan fingerprint density at radius 3 is 2.80 bits per heavy atom. The second-order valence-corrected chi connectivity index (χ2v) is 4.33. The van der Waals surface area contributed by atoms with Crippen molar-refractivity contribution in [2.24, 2.45) is 5.73 Å². The maximum absolute atomic E-state index is 6.03. The van der Waals surface area contributed by atoms with Gasteiger partial charge in [0.1, 0.15) is 0 Å². The minimum absolute atomic E-state index is 0.0564. The van der Waals surface area contributed by atoms with Crippen LogP contribution in [0.25, 0.3) is 0 Å². The zero-order valence-electron chi connectivity index (χ0n) is 8.67. The van der Waals surface area contributed by atoms with E-state index < -0.39 is 0 Å². The minimum Gasteiger partial charge on any atom is -0.385 e. The summed E-state index contributed by atoms with van der Waals surface area (Å²) in [6, 6.07) is 5.48. The number of rotatable bonds is 5. The van der Waals surface area contributed by atoms with Gasteiger partial charge in [-0.15, -0.1) is 0 Å². The van der Waals surface area contributed by atoms with Crippen molar-refractivity contribution in [3.63, 3.8) is 0 Å². The average Bonchev–Trinajstić information content (AvgIpc) is 2.20. The fourth-order valence-electron chi connectivity index (χ4n) is 1.35. The third-order valence-electron chi connectivity index (χ3n) is 2.18. The molecule has 1 aromatic carbocycles. The molecule has 1 unspecified atom stereocenters. The van der Waals surface area contributed by atoms with Gasteiger partial charge in [0.15, 0.2) is 0 Å². The average molecular weight is 248 g/mol. The van der Waals surface area contributed by atoms with E-state index in [9.17, 15) is 0 Å². The Bertz CT molecular complexity index is 317. The number of benzene rings is 1. The number of halogens is 2. The van der Waals surface area contributed by atoms with E-state index in [0.29, 0.717) is 16.7 Å². The molecule has 0 radical (unpaired) electrons. The Hall–Kier alpha value is -0.280. The summed E-state index contributed by atoms with van der Waals surface area (Å²) >= 11 is 11.9. The zero-order valence-corrected chi connectivity index (χ0v) is 10.2. The number of nitrogens with two attached hydrogens (primary N) is 1. The molecule has 2 N–H and O–H groups in total. The van der Waals surface area contributed by atoms with Crippen molar-refractivity contribution in [2.75, 3.05) is 13.7 Å². The van der Waals surface area contributed by atoms with Gasteiger partial charge >= 0.3 is 0 Å². The van der Waals surface area contributed by atoms with Crippen LogP contribution in [-0.2, 0) is 11.2 Å². The summed E-state index contributed by atoms with van der Waals surface area (Å²) in [5.41, 5.74) is 6.92. The van der Waals surface area contributed by atoms with Gasteiger partial charge in [-0.3, -0.25) is 0 Å². The van der Waals surface area contributed by atoms with E-state index in [1.807, 2.05) is 6.07 Å². The molecule has 0 saturated heterocycles. The quantitative estimate of drug-likeness (QED) is 0.869. The summed E-state index contributed by atoms with van der Waals surface area (Å²) in [5, 5.41) is 1.40. The highest BCUT2D eigenvalue weighted by molar-refractivity contribution is 6.33. The highest BCUT2D eigenvalue weighted by Gasteiger charge is 2.07. The Kier molecular flexibility index (Phi) is 5.40. The Morgan fingerprint density at radius 2 is 2.13 bits per heavy atom. The molecule has 1 aromatic rings. The monoisotopic (exact) mass is 247 g/mol. The largest absolute Gasteiger partial charge is 0.385 e. The molecule has 0 aliphatic heterocycles. The summed E-state index contributed by atoms with van der Waals surface area (Å²) in [6.45, 7) is 0.666. The van der Waals surface area contributed by atoms with Gasteiger partial charge in [-0.2, -0.15) is 0 Å². The number of hydrogen-bond acceptors (Lipinski definition) is 2. The molecule has 0 spiro atoms. The Morgan fingerprint density at radius 1 is 1.40 bits per heavy atom. The second-order valence-electron chi connectivity index (χ2n) is 3.48. The summed E-state index contributed by atoms with van der Waals surface area (Å²) in [4.78, 5) is 0. The van der Waals surface area contributed by atoms with Crippen LogP contribution < -0.4 is 5.73 Å². The summed E-state index contributed by atoms with van der Waals surface area (Å²) in [5.74, 6) is 0. The van der Waals surface area contributed by atoms with Crippen LogP contribution in [0.4, 0.5) is 0 Å². The first kappa shape index (κ1) is 12.8. The molecule has 0 aromatic heterocycles. The van der Waals surface area contributed by atoms with Gasteiger partial charge in [0.25, 0.3) is 0 Å². The zero-order chi connectivity index (χ0) is 11.3. The smallest absolute Gasteiger partial charge is 0.0477 e. The van der Waals surface area contributed by atoms with E-state index in [1.165, 1.54) is 0 Å². The van der Waals surface area contributed by atoms with Gasteiger partial charge in [-0.1, -0.05) is 23.2 Å². The third kappa shape index (κ3) is 4.39. The van der Waals surface area contributed by atoms with E-state index >= 15 is 0 Å². The lowest BCUT2D eigenvalue weighted by Gasteiger charge is -2.12. The number of hydrogen-bond donors (Lipinski definition) is 1. The molecule has 0 saturated carbocycles. The Balaban J connectivity index is 2.59. The van der Waals surface area contributed by atoms with E-state index in [-0.39, 0.29) is 6.04 Å². The second kappa shape index (κ2) is 6.33. The van der Waals surface area contributed by atoms with E-state index in [2.05, 4.69) is 0 Å². The first-order valence-corrected chi connectivity index (χ1v) is 5.57. The molecule has 1 rings (SSSR count). The number of ether oxygens (including phenoxy) is 1. The van der Waals surface area contributed by atoms with E-state index in [4.69, 9.17) is 33.7 Å². The van der Waals surface area contributed by atoms with Crippen LogP contribution in [0.1, 0.15) is 12.0 Å². The summed E-state index contributed by atoms with van der Waals surface area (Å²) in [7, 11) is 1.67. The molecule has 0 aliphatic carbocycles. The van der Waals surface area contributed by atoms with Crippen LogP contribution >= 0.6 is 23.2 Å². The number of methoxy groups -OCH3 is 1. The van der Waals surface area contributed by atoms with Crippen LogP contribution in [0, 0.1) is 0 Å². The van der Waals surface area contributed by atoms with Gasteiger partial charge in [0, 0.05) is 29.8 Å².